The van der Waals surface area contributed by atoms with Gasteiger partial charge in [0.15, 0.2) is 0 Å². The van der Waals surface area contributed by atoms with Gasteiger partial charge in [-0.05, 0) is 35.4 Å². The van der Waals surface area contributed by atoms with Crippen LogP contribution in [0.3, 0.4) is 0 Å². The number of rotatable bonds is 3. The number of para-hydroxylation sites is 2. The van der Waals surface area contributed by atoms with Crippen molar-refractivity contribution in [2.45, 2.75) is 12.1 Å². The van der Waals surface area contributed by atoms with Crippen LogP contribution < -0.4 is 10.2 Å². The molecule has 0 unspecified atom stereocenters. The Kier molecular flexibility index (Phi) is 4.55. The second-order valence-corrected chi connectivity index (χ2v) is 8.51. The highest BCUT2D eigenvalue weighted by Gasteiger charge is 2.65. The molecule has 4 atom stereocenters. The fourth-order valence-corrected chi connectivity index (χ4v) is 5.28. The molecule has 7 nitrogen and oxygen atoms in total. The lowest BCUT2D eigenvalue weighted by molar-refractivity contribution is -0.129. The van der Waals surface area contributed by atoms with E-state index < -0.39 is 47.5 Å². The Morgan fingerprint density at radius 1 is 0.853 bits per heavy atom. The van der Waals surface area contributed by atoms with Crippen molar-refractivity contribution in [3.8, 4) is 0 Å². The van der Waals surface area contributed by atoms with Crippen molar-refractivity contribution in [1.29, 1.82) is 0 Å². The number of benzene rings is 3. The Bertz CT molecular complexity index is 1360. The van der Waals surface area contributed by atoms with Gasteiger partial charge in [-0.15, -0.1) is 0 Å². The molecule has 34 heavy (non-hydrogen) atoms. The van der Waals surface area contributed by atoms with Crippen LogP contribution in [0.15, 0.2) is 84.0 Å². The zero-order valence-corrected chi connectivity index (χ0v) is 17.8. The maximum Gasteiger partial charge on any atom is 0.249 e. The van der Waals surface area contributed by atoms with Gasteiger partial charge in [0.1, 0.15) is 11.9 Å². The topological polar surface area (TPSA) is 82.1 Å². The Morgan fingerprint density at radius 2 is 1.53 bits per heavy atom. The molecule has 0 bridgehead atoms. The summed E-state index contributed by atoms with van der Waals surface area (Å²) < 4.78 is 14.6. The van der Waals surface area contributed by atoms with Gasteiger partial charge in [0.25, 0.3) is 0 Å². The standard InChI is InChI=1S/C26H19FN4O3/c27-18-12-6-7-13-19(18)30-25(33)20-21(26(30)34)23(24(32)29-16-9-2-1-3-10-16)31-22(20)17-11-5-4-8-15(17)14-28-31/h1-14,20-23H,(H,29,32)/t20-,21+,22-,23-/m1/s1. The molecule has 0 aromatic heterocycles. The molecule has 2 saturated heterocycles. The molecule has 3 amide bonds. The highest BCUT2D eigenvalue weighted by atomic mass is 19.1. The molecule has 6 rings (SSSR count). The van der Waals surface area contributed by atoms with Crippen LogP contribution in [0, 0.1) is 17.7 Å². The molecule has 3 aromatic carbocycles. The largest absolute Gasteiger partial charge is 0.324 e. The first kappa shape index (κ1) is 20.3. The van der Waals surface area contributed by atoms with Gasteiger partial charge in [0.05, 0.1) is 29.8 Å². The van der Waals surface area contributed by atoms with E-state index in [1.807, 2.05) is 30.3 Å². The molecule has 8 heteroatoms. The first-order valence-electron chi connectivity index (χ1n) is 11.0. The second-order valence-electron chi connectivity index (χ2n) is 8.51. The molecule has 1 N–H and O–H groups in total. The Labute approximate surface area is 194 Å². The van der Waals surface area contributed by atoms with Crippen LogP contribution >= 0.6 is 0 Å². The normalized spacial score (nSPS) is 24.6. The smallest absolute Gasteiger partial charge is 0.249 e. The molecule has 0 radical (unpaired) electrons. The molecule has 0 saturated carbocycles. The Balaban J connectivity index is 1.46. The number of carbonyl (C=O) groups excluding carboxylic acids is 3. The van der Waals surface area contributed by atoms with Crippen molar-refractivity contribution in [3.63, 3.8) is 0 Å². The fraction of sp³-hybridized carbons (Fsp3) is 0.154. The number of hydrogen-bond donors (Lipinski definition) is 1. The van der Waals surface area contributed by atoms with Crippen LogP contribution in [-0.4, -0.2) is 35.0 Å². The minimum Gasteiger partial charge on any atom is -0.324 e. The van der Waals surface area contributed by atoms with Crippen molar-refractivity contribution in [2.75, 3.05) is 10.2 Å². The van der Waals surface area contributed by atoms with E-state index in [1.54, 1.807) is 41.6 Å². The number of amides is 3. The second kappa shape index (κ2) is 7.62. The number of fused-ring (bicyclic) bond motifs is 5. The predicted molar refractivity (Wildman–Crippen MR) is 123 cm³/mol. The van der Waals surface area contributed by atoms with E-state index in [9.17, 15) is 18.8 Å². The summed E-state index contributed by atoms with van der Waals surface area (Å²) in [6.45, 7) is 0. The maximum absolute atomic E-state index is 14.6. The summed E-state index contributed by atoms with van der Waals surface area (Å²) in [6.07, 6.45) is 1.64. The van der Waals surface area contributed by atoms with E-state index in [2.05, 4.69) is 10.4 Å². The van der Waals surface area contributed by atoms with Crippen molar-refractivity contribution in [1.82, 2.24) is 5.01 Å². The van der Waals surface area contributed by atoms with Gasteiger partial charge in [0.2, 0.25) is 17.7 Å². The third-order valence-corrected chi connectivity index (χ3v) is 6.70. The lowest BCUT2D eigenvalue weighted by atomic mass is 9.85. The van der Waals surface area contributed by atoms with Gasteiger partial charge in [-0.25, -0.2) is 9.29 Å². The van der Waals surface area contributed by atoms with E-state index >= 15 is 0 Å². The lowest BCUT2D eigenvalue weighted by Crippen LogP contribution is -2.46. The average Bonchev–Trinajstić information content (AvgIpc) is 3.33. The molecule has 2 fully saturated rings. The number of imide groups is 1. The average molecular weight is 454 g/mol. The third-order valence-electron chi connectivity index (χ3n) is 6.70. The van der Waals surface area contributed by atoms with Gasteiger partial charge < -0.3 is 5.32 Å². The lowest BCUT2D eigenvalue weighted by Gasteiger charge is -2.33. The Morgan fingerprint density at radius 3 is 2.32 bits per heavy atom. The molecule has 168 valence electrons. The molecule has 0 spiro atoms. The minimum absolute atomic E-state index is 0.103. The molecule has 3 heterocycles. The van der Waals surface area contributed by atoms with Crippen molar-refractivity contribution < 1.29 is 18.8 Å². The molecule has 0 aliphatic carbocycles. The van der Waals surface area contributed by atoms with E-state index in [1.165, 1.54) is 18.2 Å². The number of hydrogen-bond acceptors (Lipinski definition) is 5. The number of nitrogens with one attached hydrogen (secondary N) is 1. The van der Waals surface area contributed by atoms with Gasteiger partial charge in [-0.2, -0.15) is 5.10 Å². The van der Waals surface area contributed by atoms with Gasteiger partial charge in [-0.3, -0.25) is 19.4 Å². The van der Waals surface area contributed by atoms with Crippen LogP contribution in [-0.2, 0) is 14.4 Å². The molecular formula is C26H19FN4O3. The molecule has 3 aliphatic rings. The van der Waals surface area contributed by atoms with E-state index in [-0.39, 0.29) is 5.69 Å². The first-order valence-corrected chi connectivity index (χ1v) is 11.0. The van der Waals surface area contributed by atoms with Crippen LogP contribution in [0.25, 0.3) is 0 Å². The summed E-state index contributed by atoms with van der Waals surface area (Å²) in [4.78, 5) is 41.7. The van der Waals surface area contributed by atoms with E-state index in [0.717, 1.165) is 16.0 Å². The number of halogens is 1. The zero-order valence-electron chi connectivity index (χ0n) is 17.8. The van der Waals surface area contributed by atoms with Gasteiger partial charge >= 0.3 is 0 Å². The highest BCUT2D eigenvalue weighted by Crippen LogP contribution is 2.52. The number of hydrazone groups is 1. The van der Waals surface area contributed by atoms with Crippen LogP contribution in [0.4, 0.5) is 15.8 Å². The summed E-state index contributed by atoms with van der Waals surface area (Å²) in [7, 11) is 0. The van der Waals surface area contributed by atoms with Gasteiger partial charge in [-0.1, -0.05) is 54.6 Å². The summed E-state index contributed by atoms with van der Waals surface area (Å²) in [5.74, 6) is -4.14. The minimum atomic E-state index is -1.03. The van der Waals surface area contributed by atoms with Crippen molar-refractivity contribution >= 4 is 35.3 Å². The summed E-state index contributed by atoms with van der Waals surface area (Å²) in [5, 5.41) is 8.90. The summed E-state index contributed by atoms with van der Waals surface area (Å²) >= 11 is 0. The van der Waals surface area contributed by atoms with E-state index in [4.69, 9.17) is 0 Å². The zero-order chi connectivity index (χ0) is 23.4. The first-order chi connectivity index (χ1) is 16.6. The maximum atomic E-state index is 14.6. The number of carbonyl (C=O) groups is 3. The summed E-state index contributed by atoms with van der Waals surface area (Å²) in [5.41, 5.74) is 2.08. The SMILES string of the molecule is O=C(Nc1ccccc1)[C@H]1[C@H]2C(=O)N(c3ccccc3F)C(=O)[C@H]2[C@H]2c3ccccc3C=NN21. The highest BCUT2D eigenvalue weighted by molar-refractivity contribution is 6.24. The Hall–Kier alpha value is -4.33. The third kappa shape index (κ3) is 2.88. The quantitative estimate of drug-likeness (QED) is 0.616. The predicted octanol–water partition coefficient (Wildman–Crippen LogP) is 3.34. The van der Waals surface area contributed by atoms with Crippen LogP contribution in [0.5, 0.6) is 0 Å². The van der Waals surface area contributed by atoms with E-state index in [0.29, 0.717) is 5.69 Å². The summed E-state index contributed by atoms with van der Waals surface area (Å²) in [6, 6.07) is 20.3. The van der Waals surface area contributed by atoms with Gasteiger partial charge in [0, 0.05) is 5.69 Å². The monoisotopic (exact) mass is 454 g/mol. The van der Waals surface area contributed by atoms with Crippen molar-refractivity contribution in [2.24, 2.45) is 16.9 Å². The fourth-order valence-electron chi connectivity index (χ4n) is 5.28. The molecular weight excluding hydrogens is 435 g/mol. The molecule has 3 aromatic rings. The number of nitrogens with zero attached hydrogens (tertiary/aromatic N) is 3. The number of anilines is 2. The van der Waals surface area contributed by atoms with Crippen molar-refractivity contribution in [3.05, 3.63) is 95.8 Å². The van der Waals surface area contributed by atoms with Crippen LogP contribution in [0.1, 0.15) is 17.2 Å². The van der Waals surface area contributed by atoms with Crippen LogP contribution in [0.2, 0.25) is 0 Å². The molecule has 3 aliphatic heterocycles.